The van der Waals surface area contributed by atoms with Gasteiger partial charge in [0.05, 0.1) is 41.1 Å². The van der Waals surface area contributed by atoms with Crippen molar-refractivity contribution in [3.63, 3.8) is 0 Å². The first kappa shape index (κ1) is 34.3. The van der Waals surface area contributed by atoms with Gasteiger partial charge in [0.2, 0.25) is 0 Å². The standard InChI is InChI=1S/C27H27N5O11S3/c1-15-12-21(22(42-3)13-16(15)2)31-30-20-9-4-17-14-23(45(36,37)38)26(25(28)24(17)27(20)33)32-29-18-5-7-19(8-6-18)44(34,35)11-10-43-46(39,40)41/h4-9,12-14,33H,10-11,28H2,1-3H3,(H,36,37,38)(H,39,40,41). The lowest BCUT2D eigenvalue weighted by Crippen LogP contribution is -2.15. The molecule has 0 bridgehead atoms. The summed E-state index contributed by atoms with van der Waals surface area (Å²) < 4.78 is 98.5. The second-order valence-electron chi connectivity index (χ2n) is 9.71. The van der Waals surface area contributed by atoms with Gasteiger partial charge < -0.3 is 15.6 Å². The maximum Gasteiger partial charge on any atom is 0.397 e. The first-order valence-corrected chi connectivity index (χ1v) is 17.4. The van der Waals surface area contributed by atoms with Crippen molar-refractivity contribution in [3.8, 4) is 11.5 Å². The minimum Gasteiger partial charge on any atom is -0.505 e. The average Bonchev–Trinajstić information content (AvgIpc) is 2.96. The number of nitrogen functional groups attached to an aromatic ring is 1. The number of nitrogens with zero attached hydrogens (tertiary/aromatic N) is 4. The highest BCUT2D eigenvalue weighted by atomic mass is 32.3. The van der Waals surface area contributed by atoms with E-state index in [1.807, 2.05) is 13.8 Å². The molecule has 5 N–H and O–H groups in total. The van der Waals surface area contributed by atoms with Crippen molar-refractivity contribution in [1.29, 1.82) is 0 Å². The molecule has 0 saturated carbocycles. The van der Waals surface area contributed by atoms with Gasteiger partial charge in [-0.3, -0.25) is 9.11 Å². The number of fused-ring (bicyclic) bond motifs is 1. The number of rotatable bonds is 11. The van der Waals surface area contributed by atoms with E-state index in [9.17, 15) is 34.9 Å². The highest BCUT2D eigenvalue weighted by Gasteiger charge is 2.23. The van der Waals surface area contributed by atoms with Gasteiger partial charge in [0.25, 0.3) is 10.1 Å². The minimum absolute atomic E-state index is 0.0271. The first-order valence-electron chi connectivity index (χ1n) is 12.9. The summed E-state index contributed by atoms with van der Waals surface area (Å²) in [5, 5.41) is 27.2. The molecule has 0 unspecified atom stereocenters. The van der Waals surface area contributed by atoms with Crippen molar-refractivity contribution in [3.05, 3.63) is 65.7 Å². The number of azo groups is 2. The molecular weight excluding hydrogens is 667 g/mol. The smallest absolute Gasteiger partial charge is 0.397 e. The number of phenolic OH excluding ortho intramolecular Hbond substituents is 1. The Balaban J connectivity index is 1.72. The van der Waals surface area contributed by atoms with Crippen molar-refractivity contribution in [2.24, 2.45) is 20.5 Å². The minimum atomic E-state index is -4.90. The number of hydrogen-bond acceptors (Lipinski definition) is 14. The van der Waals surface area contributed by atoms with Crippen molar-refractivity contribution in [1.82, 2.24) is 0 Å². The molecule has 0 aliphatic rings. The van der Waals surface area contributed by atoms with Crippen molar-refractivity contribution >= 4 is 69.6 Å². The largest absolute Gasteiger partial charge is 0.505 e. The van der Waals surface area contributed by atoms with E-state index < -0.39 is 59.0 Å². The molecule has 0 aliphatic carbocycles. The number of ether oxygens (including phenoxy) is 1. The maximum atomic E-state index is 12.4. The van der Waals surface area contributed by atoms with Crippen LogP contribution in [0.3, 0.4) is 0 Å². The molecule has 4 aromatic rings. The second-order valence-corrected chi connectivity index (χ2v) is 14.3. The average molecular weight is 694 g/mol. The molecule has 4 aromatic carbocycles. The van der Waals surface area contributed by atoms with E-state index in [4.69, 9.17) is 15.0 Å². The fourth-order valence-corrected chi connectivity index (χ4v) is 6.32. The van der Waals surface area contributed by atoms with Crippen LogP contribution in [0.25, 0.3) is 10.8 Å². The molecule has 0 spiro atoms. The van der Waals surface area contributed by atoms with E-state index in [0.717, 1.165) is 29.3 Å². The number of phenols is 1. The van der Waals surface area contributed by atoms with Crippen LogP contribution >= 0.6 is 0 Å². The molecule has 0 heterocycles. The summed E-state index contributed by atoms with van der Waals surface area (Å²) in [6, 6.07) is 12.0. The van der Waals surface area contributed by atoms with Crippen LogP contribution in [0.15, 0.2) is 84.8 Å². The third-order valence-electron chi connectivity index (χ3n) is 6.62. The van der Waals surface area contributed by atoms with Crippen LogP contribution in [-0.2, 0) is 34.5 Å². The van der Waals surface area contributed by atoms with Crippen LogP contribution in [0.5, 0.6) is 11.5 Å². The Morgan fingerprint density at radius 3 is 2.04 bits per heavy atom. The number of hydrogen-bond donors (Lipinski definition) is 4. The highest BCUT2D eigenvalue weighted by molar-refractivity contribution is 7.91. The number of sulfone groups is 1. The quantitative estimate of drug-likeness (QED) is 0.0872. The van der Waals surface area contributed by atoms with Crippen LogP contribution in [0.2, 0.25) is 0 Å². The summed E-state index contributed by atoms with van der Waals surface area (Å²) in [7, 11) is -12.3. The summed E-state index contributed by atoms with van der Waals surface area (Å²) in [6.45, 7) is 2.97. The molecule has 0 amide bonds. The Bertz CT molecular complexity index is 2220. The molecule has 0 aliphatic heterocycles. The highest BCUT2D eigenvalue weighted by Crippen LogP contribution is 2.46. The van der Waals surface area contributed by atoms with E-state index >= 15 is 0 Å². The second kappa shape index (κ2) is 13.1. The Hall–Kier alpha value is -4.53. The molecule has 19 heteroatoms. The molecular formula is C27H27N5O11S3. The lowest BCUT2D eigenvalue weighted by atomic mass is 10.1. The number of anilines is 1. The van der Waals surface area contributed by atoms with Gasteiger partial charge in [0, 0.05) is 0 Å². The molecule has 244 valence electrons. The van der Waals surface area contributed by atoms with Gasteiger partial charge in [-0.2, -0.15) is 21.9 Å². The molecule has 0 atom stereocenters. The summed E-state index contributed by atoms with van der Waals surface area (Å²) in [5.74, 6) is -0.779. The number of nitrogens with two attached hydrogens (primary N) is 1. The third-order valence-corrected chi connectivity index (χ3v) is 9.64. The van der Waals surface area contributed by atoms with Crippen LogP contribution in [0.4, 0.5) is 28.4 Å². The number of methoxy groups -OCH3 is 1. The van der Waals surface area contributed by atoms with Gasteiger partial charge in [0.15, 0.2) is 15.6 Å². The molecule has 0 saturated heterocycles. The van der Waals surface area contributed by atoms with E-state index in [0.29, 0.717) is 11.4 Å². The summed E-state index contributed by atoms with van der Waals surface area (Å²) >= 11 is 0. The SMILES string of the molecule is COc1cc(C)c(C)cc1N=Nc1ccc2cc(S(=O)(=O)O)c(N=Nc3ccc(S(=O)(=O)CCOS(=O)(=O)O)cc3)c(N)c2c1O. The molecule has 0 aromatic heterocycles. The van der Waals surface area contributed by atoms with Crippen LogP contribution in [-0.4, -0.2) is 58.9 Å². The Morgan fingerprint density at radius 2 is 1.43 bits per heavy atom. The number of aromatic hydroxyl groups is 1. The zero-order chi connectivity index (χ0) is 34.0. The van der Waals surface area contributed by atoms with E-state index in [1.54, 1.807) is 12.1 Å². The topological polar surface area (TPSA) is 257 Å². The molecule has 16 nitrogen and oxygen atoms in total. The van der Waals surface area contributed by atoms with E-state index in [2.05, 4.69) is 24.6 Å². The van der Waals surface area contributed by atoms with Gasteiger partial charge in [-0.1, -0.05) is 6.07 Å². The Kier molecular flexibility index (Phi) is 9.75. The molecule has 0 radical (unpaired) electrons. The number of aryl methyl sites for hydroxylation is 2. The fourth-order valence-electron chi connectivity index (χ4n) is 4.16. The lowest BCUT2D eigenvalue weighted by molar-refractivity contribution is 0.284. The molecule has 46 heavy (non-hydrogen) atoms. The predicted molar refractivity (Wildman–Crippen MR) is 167 cm³/mol. The van der Waals surface area contributed by atoms with Gasteiger partial charge >= 0.3 is 10.4 Å². The van der Waals surface area contributed by atoms with Crippen molar-refractivity contribution in [2.75, 3.05) is 25.2 Å². The lowest BCUT2D eigenvalue weighted by Gasteiger charge is -2.12. The molecule has 0 fully saturated rings. The van der Waals surface area contributed by atoms with Crippen molar-refractivity contribution < 1.29 is 48.4 Å². The normalized spacial score (nSPS) is 12.8. The van der Waals surface area contributed by atoms with Gasteiger partial charge in [-0.15, -0.1) is 15.3 Å². The number of benzene rings is 4. The summed E-state index contributed by atoms with van der Waals surface area (Å²) in [6.07, 6.45) is 0. The van der Waals surface area contributed by atoms with Crippen LogP contribution in [0, 0.1) is 13.8 Å². The maximum absolute atomic E-state index is 12.4. The fraction of sp³-hybridized carbons (Fsp3) is 0.185. The van der Waals surface area contributed by atoms with Crippen LogP contribution < -0.4 is 10.5 Å². The summed E-state index contributed by atoms with van der Waals surface area (Å²) in [5.41, 5.74) is 7.66. The zero-order valence-corrected chi connectivity index (χ0v) is 26.8. The molecule has 4 rings (SSSR count). The van der Waals surface area contributed by atoms with Crippen molar-refractivity contribution in [2.45, 2.75) is 23.6 Å². The Labute approximate surface area is 263 Å². The van der Waals surface area contributed by atoms with Gasteiger partial charge in [-0.05, 0) is 78.9 Å². The van der Waals surface area contributed by atoms with E-state index in [-0.39, 0.29) is 32.7 Å². The predicted octanol–water partition coefficient (Wildman–Crippen LogP) is 5.42. The third kappa shape index (κ3) is 7.81. The van der Waals surface area contributed by atoms with Gasteiger partial charge in [0.1, 0.15) is 27.7 Å². The monoisotopic (exact) mass is 693 g/mol. The Morgan fingerprint density at radius 1 is 0.804 bits per heavy atom. The van der Waals surface area contributed by atoms with Gasteiger partial charge in [-0.25, -0.2) is 12.6 Å². The zero-order valence-electron chi connectivity index (χ0n) is 24.3. The first-order chi connectivity index (χ1) is 21.4. The summed E-state index contributed by atoms with van der Waals surface area (Å²) in [4.78, 5) is -0.952. The van der Waals surface area contributed by atoms with Crippen LogP contribution in [0.1, 0.15) is 11.1 Å². The van der Waals surface area contributed by atoms with E-state index in [1.165, 1.54) is 31.4 Å².